The first kappa shape index (κ1) is 30.1. The Bertz CT molecular complexity index is 2390. The Balaban J connectivity index is 1.34. The third-order valence-electron chi connectivity index (χ3n) is 11.3. The molecule has 0 saturated carbocycles. The van der Waals surface area contributed by atoms with Crippen molar-refractivity contribution in [2.75, 3.05) is 9.80 Å². The largest absolute Gasteiger partial charge is 0.311 e. The fourth-order valence-corrected chi connectivity index (χ4v) is 12.3. The molecule has 244 valence electrons. The van der Waals surface area contributed by atoms with E-state index in [1.54, 1.807) is 0 Å². The van der Waals surface area contributed by atoms with Gasteiger partial charge in [0.2, 0.25) is 0 Å². The van der Waals surface area contributed by atoms with Crippen LogP contribution in [-0.2, 0) is 0 Å². The highest BCUT2D eigenvalue weighted by atomic mass is 28.3. The van der Waals surface area contributed by atoms with Crippen molar-refractivity contribution in [3.63, 3.8) is 0 Å². The molecule has 0 unspecified atom stereocenters. The summed E-state index contributed by atoms with van der Waals surface area (Å²) in [5.74, 6) is 0. The Labute approximate surface area is 301 Å². The number of pyridine rings is 2. The van der Waals surface area contributed by atoms with Crippen LogP contribution in [0, 0.1) is 20.8 Å². The number of nitrogens with zero attached hydrogens (tertiary/aromatic N) is 4. The van der Waals surface area contributed by atoms with E-state index in [2.05, 4.69) is 153 Å². The molecular weight excluding hydrogens is 635 g/mol. The quantitative estimate of drug-likeness (QED) is 0.178. The molecule has 10 rings (SSSR count). The number of aryl methyl sites for hydroxylation is 3. The van der Waals surface area contributed by atoms with Crippen LogP contribution in [0.15, 0.2) is 134 Å². The Hall–Kier alpha value is -5.72. The molecule has 0 aliphatic carbocycles. The summed E-state index contributed by atoms with van der Waals surface area (Å²) in [4.78, 5) is 14.9. The third kappa shape index (κ3) is 4.26. The lowest BCUT2D eigenvalue weighted by molar-refractivity contribution is 1.22. The van der Waals surface area contributed by atoms with Gasteiger partial charge in [0.15, 0.2) is 0 Å². The van der Waals surface area contributed by atoms with Crippen molar-refractivity contribution in [2.45, 2.75) is 33.9 Å². The van der Waals surface area contributed by atoms with Crippen molar-refractivity contribution >= 4 is 75.7 Å². The highest BCUT2D eigenvalue weighted by molar-refractivity contribution is 7.16. The minimum absolute atomic E-state index is 0.133. The molecule has 0 fully saturated rings. The fraction of sp³-hybridized carbons (Fsp3) is 0.111. The third-order valence-corrected chi connectivity index (χ3v) is 14.9. The van der Waals surface area contributed by atoms with E-state index in [1.165, 1.54) is 66.2 Å². The number of hydrogen-bond acceptors (Lipinski definition) is 4. The van der Waals surface area contributed by atoms with E-state index in [0.29, 0.717) is 0 Å². The van der Waals surface area contributed by atoms with E-state index in [0.717, 1.165) is 33.9 Å². The molecule has 5 heterocycles. The lowest BCUT2D eigenvalue weighted by atomic mass is 9.33. The molecule has 2 aromatic heterocycles. The lowest BCUT2D eigenvalue weighted by Gasteiger charge is -2.50. The van der Waals surface area contributed by atoms with Crippen LogP contribution >= 0.6 is 0 Å². The molecule has 0 atom stereocenters. The van der Waals surface area contributed by atoms with Crippen LogP contribution in [0.5, 0.6) is 0 Å². The van der Waals surface area contributed by atoms with Gasteiger partial charge in [0.05, 0.1) is 22.8 Å². The van der Waals surface area contributed by atoms with Crippen molar-refractivity contribution in [3.8, 4) is 22.5 Å². The molecule has 0 bridgehead atoms. The number of hydrogen-bond donors (Lipinski definition) is 0. The Morgan fingerprint density at radius 1 is 0.451 bits per heavy atom. The van der Waals surface area contributed by atoms with Crippen LogP contribution in [0.4, 0.5) is 34.1 Å². The van der Waals surface area contributed by atoms with Gasteiger partial charge in [-0.3, -0.25) is 9.97 Å². The standard InChI is InChI=1S/C45H37BN4Si/c1-28-18-20-35(31(24-28)33-12-6-8-22-47-33)49-37-14-10-16-41-44(37)46-43-39(49)26-30(3)27-40(43)50(38-15-11-17-42(45(38)46)51(41,4)5)36-21-19-29(2)25-32(36)34-13-7-9-23-48-34/h6-27H,1-5H3. The summed E-state index contributed by atoms with van der Waals surface area (Å²) < 4.78 is 0. The van der Waals surface area contributed by atoms with Gasteiger partial charge in [-0.1, -0.05) is 83.1 Å². The minimum atomic E-state index is -2.13. The first-order valence-electron chi connectivity index (χ1n) is 17.9. The van der Waals surface area contributed by atoms with Crippen LogP contribution in [0.1, 0.15) is 16.7 Å². The van der Waals surface area contributed by atoms with Gasteiger partial charge < -0.3 is 9.80 Å². The zero-order chi connectivity index (χ0) is 34.6. The van der Waals surface area contributed by atoms with E-state index >= 15 is 0 Å². The Morgan fingerprint density at radius 2 is 0.941 bits per heavy atom. The maximum absolute atomic E-state index is 4.88. The van der Waals surface area contributed by atoms with Crippen LogP contribution in [0.2, 0.25) is 13.1 Å². The number of aromatic nitrogens is 2. The van der Waals surface area contributed by atoms with Crippen LogP contribution in [-0.4, -0.2) is 24.8 Å². The van der Waals surface area contributed by atoms with Gasteiger partial charge in [-0.25, -0.2) is 0 Å². The van der Waals surface area contributed by atoms with Crippen molar-refractivity contribution in [2.24, 2.45) is 0 Å². The average Bonchev–Trinajstić information content (AvgIpc) is 3.15. The fourth-order valence-electron chi connectivity index (χ4n) is 9.12. The van der Waals surface area contributed by atoms with E-state index in [-0.39, 0.29) is 6.71 Å². The molecule has 0 spiro atoms. The van der Waals surface area contributed by atoms with Gasteiger partial charge >= 0.3 is 0 Å². The zero-order valence-electron chi connectivity index (χ0n) is 29.6. The summed E-state index contributed by atoms with van der Waals surface area (Å²) >= 11 is 0. The highest BCUT2D eigenvalue weighted by Gasteiger charge is 2.51. The second kappa shape index (κ2) is 10.9. The smallest absolute Gasteiger partial charge is 0.251 e. The van der Waals surface area contributed by atoms with Gasteiger partial charge in [-0.15, -0.1) is 0 Å². The van der Waals surface area contributed by atoms with Crippen LogP contribution < -0.4 is 36.6 Å². The molecule has 0 amide bonds. The predicted molar refractivity (Wildman–Crippen MR) is 218 cm³/mol. The zero-order valence-corrected chi connectivity index (χ0v) is 30.6. The molecule has 7 aromatic rings. The topological polar surface area (TPSA) is 32.3 Å². The molecule has 51 heavy (non-hydrogen) atoms. The molecule has 6 heteroatoms. The van der Waals surface area contributed by atoms with Gasteiger partial charge in [0.25, 0.3) is 6.71 Å². The highest BCUT2D eigenvalue weighted by Crippen LogP contribution is 2.48. The molecule has 0 saturated heterocycles. The van der Waals surface area contributed by atoms with Crippen LogP contribution in [0.3, 0.4) is 0 Å². The summed E-state index contributed by atoms with van der Waals surface area (Å²) in [7, 11) is -2.13. The first-order chi connectivity index (χ1) is 24.8. The molecule has 5 aromatic carbocycles. The number of benzene rings is 5. The molecule has 3 aliphatic rings. The molecule has 0 N–H and O–H groups in total. The van der Waals surface area contributed by atoms with E-state index in [4.69, 9.17) is 9.97 Å². The number of anilines is 6. The second-order valence-electron chi connectivity index (χ2n) is 14.9. The predicted octanol–water partition coefficient (Wildman–Crippen LogP) is 7.95. The van der Waals surface area contributed by atoms with Crippen LogP contribution in [0.25, 0.3) is 22.5 Å². The summed E-state index contributed by atoms with van der Waals surface area (Å²) in [6.07, 6.45) is 3.80. The SMILES string of the molecule is Cc1ccc(N2c3cc(C)cc4c3B3c5c2cccc5[Si](C)(C)c2cccc(c23)N4c2ccc(C)cc2-c2ccccn2)c(-c2ccccn2)c1. The van der Waals surface area contributed by atoms with Gasteiger partial charge in [-0.05, 0) is 116 Å². The normalized spacial score (nSPS) is 14.4. The summed E-state index contributed by atoms with van der Waals surface area (Å²) in [5.41, 5.74) is 19.5. The summed E-state index contributed by atoms with van der Waals surface area (Å²) in [6, 6.07) is 45.1. The van der Waals surface area contributed by atoms with Crippen molar-refractivity contribution in [1.82, 2.24) is 9.97 Å². The maximum atomic E-state index is 4.88. The Morgan fingerprint density at radius 3 is 1.39 bits per heavy atom. The summed E-state index contributed by atoms with van der Waals surface area (Å²) in [6.45, 7) is 11.8. The molecule has 3 aliphatic heterocycles. The van der Waals surface area contributed by atoms with Crippen molar-refractivity contribution in [1.29, 1.82) is 0 Å². The first-order valence-corrected chi connectivity index (χ1v) is 20.9. The monoisotopic (exact) mass is 672 g/mol. The lowest BCUT2D eigenvalue weighted by Crippen LogP contribution is -2.79. The average molecular weight is 673 g/mol. The van der Waals surface area contributed by atoms with Crippen molar-refractivity contribution in [3.05, 3.63) is 150 Å². The van der Waals surface area contributed by atoms with Gasteiger partial charge in [0.1, 0.15) is 8.07 Å². The Kier molecular flexibility index (Phi) is 6.43. The minimum Gasteiger partial charge on any atom is -0.311 e. The van der Waals surface area contributed by atoms with Gasteiger partial charge in [0, 0.05) is 46.3 Å². The summed E-state index contributed by atoms with van der Waals surface area (Å²) in [5, 5.41) is 3.06. The van der Waals surface area contributed by atoms with Crippen molar-refractivity contribution < 1.29 is 0 Å². The molecular formula is C45H37BN4Si. The molecule has 0 radical (unpaired) electrons. The molecule has 4 nitrogen and oxygen atoms in total. The van der Waals surface area contributed by atoms with Gasteiger partial charge in [-0.2, -0.15) is 0 Å². The number of rotatable bonds is 4. The van der Waals surface area contributed by atoms with E-state index < -0.39 is 8.07 Å². The maximum Gasteiger partial charge on any atom is 0.251 e. The van der Waals surface area contributed by atoms with E-state index in [9.17, 15) is 0 Å². The van der Waals surface area contributed by atoms with E-state index in [1.807, 2.05) is 24.5 Å². The second-order valence-corrected chi connectivity index (χ2v) is 19.2.